The summed E-state index contributed by atoms with van der Waals surface area (Å²) in [5, 5.41) is 3.35. The van der Waals surface area contributed by atoms with Crippen LogP contribution in [0.15, 0.2) is 24.3 Å². The SMILES string of the molecule is CCCOc1nc2ccccc2nc1N1CCC[C@H](C(=O)NC2CCCCCC2)C1. The van der Waals surface area contributed by atoms with Crippen molar-refractivity contribution in [3.63, 3.8) is 0 Å². The lowest BCUT2D eigenvalue weighted by Crippen LogP contribution is -2.46. The molecule has 1 aliphatic heterocycles. The average molecular weight is 411 g/mol. The Morgan fingerprint density at radius 3 is 2.53 bits per heavy atom. The molecule has 0 bridgehead atoms. The third kappa shape index (κ3) is 5.02. The van der Waals surface area contributed by atoms with Gasteiger partial charge in [-0.05, 0) is 44.2 Å². The summed E-state index contributed by atoms with van der Waals surface area (Å²) in [5.41, 5.74) is 1.70. The number of ether oxygens (including phenoxy) is 1. The predicted octanol–water partition coefficient (Wildman–Crippen LogP) is 4.47. The Balaban J connectivity index is 1.50. The molecule has 1 atom stereocenters. The molecular formula is C24H34N4O2. The van der Waals surface area contributed by atoms with Gasteiger partial charge in [0.2, 0.25) is 5.91 Å². The van der Waals surface area contributed by atoms with Crippen molar-refractivity contribution in [2.24, 2.45) is 5.92 Å². The van der Waals surface area contributed by atoms with Gasteiger partial charge in [-0.25, -0.2) is 9.97 Å². The molecule has 2 fully saturated rings. The van der Waals surface area contributed by atoms with Crippen LogP contribution in [0.5, 0.6) is 5.88 Å². The first-order valence-electron chi connectivity index (χ1n) is 11.7. The van der Waals surface area contributed by atoms with Crippen molar-refractivity contribution >= 4 is 22.8 Å². The fourth-order valence-electron chi connectivity index (χ4n) is 4.60. The summed E-state index contributed by atoms with van der Waals surface area (Å²) in [5.74, 6) is 1.56. The number of amides is 1. The van der Waals surface area contributed by atoms with Gasteiger partial charge >= 0.3 is 0 Å². The van der Waals surface area contributed by atoms with Gasteiger partial charge in [0.1, 0.15) is 0 Å². The monoisotopic (exact) mass is 410 g/mol. The Labute approximate surface area is 179 Å². The van der Waals surface area contributed by atoms with Gasteiger partial charge in [0.25, 0.3) is 5.88 Å². The van der Waals surface area contributed by atoms with Gasteiger partial charge in [0, 0.05) is 19.1 Å². The van der Waals surface area contributed by atoms with E-state index >= 15 is 0 Å². The highest BCUT2D eigenvalue weighted by atomic mass is 16.5. The minimum atomic E-state index is -0.00528. The highest BCUT2D eigenvalue weighted by Crippen LogP contribution is 2.31. The van der Waals surface area contributed by atoms with Gasteiger partial charge in [-0.3, -0.25) is 4.79 Å². The molecule has 2 aliphatic rings. The van der Waals surface area contributed by atoms with Crippen molar-refractivity contribution in [2.45, 2.75) is 70.8 Å². The van der Waals surface area contributed by atoms with Gasteiger partial charge in [-0.15, -0.1) is 0 Å². The number of anilines is 1. The lowest BCUT2D eigenvalue weighted by atomic mass is 9.96. The van der Waals surface area contributed by atoms with Crippen LogP contribution in [0, 0.1) is 5.92 Å². The molecule has 30 heavy (non-hydrogen) atoms. The summed E-state index contributed by atoms with van der Waals surface area (Å²) >= 11 is 0. The number of piperidine rings is 1. The Bertz CT molecular complexity index is 848. The second-order valence-corrected chi connectivity index (χ2v) is 8.67. The van der Waals surface area contributed by atoms with Crippen LogP contribution in [0.3, 0.4) is 0 Å². The van der Waals surface area contributed by atoms with Crippen LogP contribution in [0.25, 0.3) is 11.0 Å². The molecule has 2 aromatic rings. The Hall–Kier alpha value is -2.37. The van der Waals surface area contributed by atoms with E-state index in [1.54, 1.807) is 0 Å². The van der Waals surface area contributed by atoms with E-state index in [1.807, 2.05) is 24.3 Å². The van der Waals surface area contributed by atoms with Gasteiger partial charge in [0.15, 0.2) is 5.82 Å². The number of carbonyl (C=O) groups is 1. The molecule has 0 radical (unpaired) electrons. The van der Waals surface area contributed by atoms with Crippen LogP contribution in [0.2, 0.25) is 0 Å². The summed E-state index contributed by atoms with van der Waals surface area (Å²) in [7, 11) is 0. The topological polar surface area (TPSA) is 67.4 Å². The molecule has 1 saturated carbocycles. The van der Waals surface area contributed by atoms with Crippen LogP contribution in [-0.2, 0) is 4.79 Å². The molecule has 0 unspecified atom stereocenters. The maximum Gasteiger partial charge on any atom is 0.258 e. The Kier molecular flexibility index (Phi) is 7.03. The van der Waals surface area contributed by atoms with Crippen molar-refractivity contribution in [3.8, 4) is 5.88 Å². The fourth-order valence-corrected chi connectivity index (χ4v) is 4.60. The van der Waals surface area contributed by atoms with Crippen LogP contribution >= 0.6 is 0 Å². The molecule has 2 heterocycles. The Morgan fingerprint density at radius 2 is 1.80 bits per heavy atom. The molecule has 1 aromatic heterocycles. The summed E-state index contributed by atoms with van der Waals surface area (Å²) in [6.07, 6.45) is 10.1. The molecule has 0 spiro atoms. The number of aromatic nitrogens is 2. The molecule has 162 valence electrons. The summed E-state index contributed by atoms with van der Waals surface area (Å²) in [6.45, 7) is 4.25. The number of nitrogens with zero attached hydrogens (tertiary/aromatic N) is 3. The first-order chi connectivity index (χ1) is 14.7. The molecule has 1 aliphatic carbocycles. The molecule has 1 N–H and O–H groups in total. The summed E-state index contributed by atoms with van der Waals surface area (Å²) in [4.78, 5) is 24.8. The van der Waals surface area contributed by atoms with E-state index in [9.17, 15) is 4.79 Å². The van der Waals surface area contributed by atoms with Crippen LogP contribution in [0.4, 0.5) is 5.82 Å². The van der Waals surface area contributed by atoms with Crippen LogP contribution in [0.1, 0.15) is 64.7 Å². The van der Waals surface area contributed by atoms with Crippen molar-refractivity contribution in [3.05, 3.63) is 24.3 Å². The van der Waals surface area contributed by atoms with Crippen molar-refractivity contribution < 1.29 is 9.53 Å². The number of carbonyl (C=O) groups excluding carboxylic acids is 1. The quantitative estimate of drug-likeness (QED) is 0.712. The maximum absolute atomic E-state index is 13.0. The minimum Gasteiger partial charge on any atom is -0.475 e. The van der Waals surface area contributed by atoms with E-state index < -0.39 is 0 Å². The lowest BCUT2D eigenvalue weighted by molar-refractivity contribution is -0.126. The number of fused-ring (bicyclic) bond motifs is 1. The van der Waals surface area contributed by atoms with Crippen LogP contribution < -0.4 is 15.0 Å². The third-order valence-electron chi connectivity index (χ3n) is 6.26. The molecular weight excluding hydrogens is 376 g/mol. The van der Waals surface area contributed by atoms with E-state index in [-0.39, 0.29) is 11.8 Å². The zero-order valence-corrected chi connectivity index (χ0v) is 18.1. The van der Waals surface area contributed by atoms with E-state index in [1.165, 1.54) is 25.7 Å². The molecule has 4 rings (SSSR count). The van der Waals surface area contributed by atoms with E-state index in [0.29, 0.717) is 25.1 Å². The van der Waals surface area contributed by atoms with Crippen molar-refractivity contribution in [1.82, 2.24) is 15.3 Å². The zero-order chi connectivity index (χ0) is 20.8. The fraction of sp³-hybridized carbons (Fsp3) is 0.625. The number of nitrogens with one attached hydrogen (secondary N) is 1. The number of hydrogen-bond donors (Lipinski definition) is 1. The normalized spacial score (nSPS) is 20.7. The summed E-state index contributed by atoms with van der Waals surface area (Å²) < 4.78 is 5.96. The first kappa shape index (κ1) is 20.9. The second kappa shape index (κ2) is 10.1. The van der Waals surface area contributed by atoms with Gasteiger partial charge < -0.3 is 15.0 Å². The molecule has 6 heteroatoms. The number of para-hydroxylation sites is 2. The first-order valence-corrected chi connectivity index (χ1v) is 11.7. The van der Waals surface area contributed by atoms with Crippen LogP contribution in [-0.4, -0.2) is 41.6 Å². The third-order valence-corrected chi connectivity index (χ3v) is 6.26. The molecule has 1 amide bonds. The predicted molar refractivity (Wildman–Crippen MR) is 120 cm³/mol. The second-order valence-electron chi connectivity index (χ2n) is 8.67. The standard InChI is InChI=1S/C24H34N4O2/c1-2-16-30-24-22(26-20-13-7-8-14-21(20)27-24)28-15-9-10-18(17-28)23(29)25-19-11-5-3-4-6-12-19/h7-8,13-14,18-19H,2-6,9-12,15-17H2,1H3,(H,25,29)/t18-/m0/s1. The van der Waals surface area contributed by atoms with Gasteiger partial charge in [0.05, 0.1) is 23.6 Å². The van der Waals surface area contributed by atoms with Crippen molar-refractivity contribution in [1.29, 1.82) is 0 Å². The largest absolute Gasteiger partial charge is 0.475 e. The smallest absolute Gasteiger partial charge is 0.258 e. The number of benzene rings is 1. The summed E-state index contributed by atoms with van der Waals surface area (Å²) in [6, 6.07) is 8.24. The van der Waals surface area contributed by atoms with Gasteiger partial charge in [-0.2, -0.15) is 0 Å². The average Bonchev–Trinajstić information content (AvgIpc) is 3.05. The number of rotatable bonds is 6. The molecule has 1 aromatic carbocycles. The lowest BCUT2D eigenvalue weighted by Gasteiger charge is -2.34. The molecule has 6 nitrogen and oxygen atoms in total. The highest BCUT2D eigenvalue weighted by molar-refractivity contribution is 5.81. The maximum atomic E-state index is 13.0. The minimum absolute atomic E-state index is 0.00528. The molecule has 1 saturated heterocycles. The van der Waals surface area contributed by atoms with E-state index in [2.05, 4.69) is 17.1 Å². The zero-order valence-electron chi connectivity index (χ0n) is 18.1. The van der Waals surface area contributed by atoms with Gasteiger partial charge in [-0.1, -0.05) is 44.7 Å². The number of hydrogen-bond acceptors (Lipinski definition) is 5. The van der Waals surface area contributed by atoms with Crippen molar-refractivity contribution in [2.75, 3.05) is 24.6 Å². The Morgan fingerprint density at radius 1 is 1.07 bits per heavy atom. The highest BCUT2D eigenvalue weighted by Gasteiger charge is 2.30. The van der Waals surface area contributed by atoms with E-state index in [4.69, 9.17) is 14.7 Å². The van der Waals surface area contributed by atoms with E-state index in [0.717, 1.165) is 55.5 Å².